The maximum Gasteiger partial charge on any atom is 0.138 e. The number of likely N-dealkylation sites (N-methyl/N-ethyl adjacent to an activating group) is 1. The smallest absolute Gasteiger partial charge is 0.138 e. The molecule has 1 unspecified atom stereocenters. The van der Waals surface area contributed by atoms with Gasteiger partial charge < -0.3 is 15.0 Å². The van der Waals surface area contributed by atoms with Crippen LogP contribution in [-0.4, -0.2) is 37.7 Å². The zero-order chi connectivity index (χ0) is 14.4. The number of hydrogen-bond acceptors (Lipinski definition) is 3. The summed E-state index contributed by atoms with van der Waals surface area (Å²) in [5.74, 6) is 0.772. The molecule has 0 saturated carbocycles. The van der Waals surface area contributed by atoms with Gasteiger partial charge >= 0.3 is 0 Å². The summed E-state index contributed by atoms with van der Waals surface area (Å²) in [6.07, 6.45) is 4.92. The van der Waals surface area contributed by atoms with Gasteiger partial charge in [-0.25, -0.2) is 0 Å². The summed E-state index contributed by atoms with van der Waals surface area (Å²) >= 11 is 6.24. The molecule has 2 rings (SSSR count). The van der Waals surface area contributed by atoms with Gasteiger partial charge in [0.05, 0.1) is 11.6 Å². The lowest BCUT2D eigenvalue weighted by atomic mass is 10.0. The van der Waals surface area contributed by atoms with Gasteiger partial charge in [-0.1, -0.05) is 24.9 Å². The Morgan fingerprint density at radius 3 is 2.95 bits per heavy atom. The van der Waals surface area contributed by atoms with Crippen molar-refractivity contribution in [2.75, 3.05) is 32.1 Å². The topological polar surface area (TPSA) is 24.5 Å². The van der Waals surface area contributed by atoms with E-state index in [9.17, 15) is 0 Å². The molecule has 1 fully saturated rings. The van der Waals surface area contributed by atoms with Crippen LogP contribution in [0.5, 0.6) is 5.75 Å². The Balaban J connectivity index is 1.88. The van der Waals surface area contributed by atoms with Crippen molar-refractivity contribution in [2.24, 2.45) is 0 Å². The number of anilines is 1. The van der Waals surface area contributed by atoms with Gasteiger partial charge in [-0.3, -0.25) is 0 Å². The normalized spacial score (nSPS) is 19.9. The summed E-state index contributed by atoms with van der Waals surface area (Å²) in [7, 11) is 2.21. The third-order valence-electron chi connectivity index (χ3n) is 3.86. The van der Waals surface area contributed by atoms with Crippen LogP contribution in [0.25, 0.3) is 0 Å². The Morgan fingerprint density at radius 2 is 2.25 bits per heavy atom. The van der Waals surface area contributed by atoms with E-state index in [1.54, 1.807) is 0 Å². The average molecular weight is 297 g/mol. The van der Waals surface area contributed by atoms with Crippen LogP contribution in [0.1, 0.15) is 32.6 Å². The first-order chi connectivity index (χ1) is 9.70. The Bertz CT molecular complexity index is 425. The van der Waals surface area contributed by atoms with Crippen molar-refractivity contribution in [3.05, 3.63) is 23.2 Å². The van der Waals surface area contributed by atoms with E-state index in [0.29, 0.717) is 17.7 Å². The number of rotatable bonds is 6. The highest BCUT2D eigenvalue weighted by molar-refractivity contribution is 6.32. The number of ether oxygens (including phenoxy) is 1. The molecule has 1 aliphatic heterocycles. The first-order valence-corrected chi connectivity index (χ1v) is 7.95. The molecule has 1 N–H and O–H groups in total. The minimum Gasteiger partial charge on any atom is -0.492 e. The van der Waals surface area contributed by atoms with Crippen molar-refractivity contribution in [1.29, 1.82) is 0 Å². The second-order valence-electron chi connectivity index (χ2n) is 5.50. The molecule has 1 saturated heterocycles. The minimum atomic E-state index is 0.624. The van der Waals surface area contributed by atoms with Gasteiger partial charge in [0.1, 0.15) is 5.75 Å². The van der Waals surface area contributed by atoms with Crippen molar-refractivity contribution in [2.45, 2.75) is 38.6 Å². The van der Waals surface area contributed by atoms with Crippen molar-refractivity contribution in [3.8, 4) is 5.75 Å². The van der Waals surface area contributed by atoms with Crippen molar-refractivity contribution in [1.82, 2.24) is 4.90 Å². The first-order valence-electron chi connectivity index (χ1n) is 7.57. The van der Waals surface area contributed by atoms with Crippen molar-refractivity contribution in [3.63, 3.8) is 0 Å². The lowest BCUT2D eigenvalue weighted by Gasteiger charge is -2.32. The van der Waals surface area contributed by atoms with E-state index < -0.39 is 0 Å². The highest BCUT2D eigenvalue weighted by Gasteiger charge is 2.18. The van der Waals surface area contributed by atoms with E-state index in [0.717, 1.165) is 24.4 Å². The van der Waals surface area contributed by atoms with Gasteiger partial charge in [0.25, 0.3) is 0 Å². The van der Waals surface area contributed by atoms with E-state index >= 15 is 0 Å². The number of hydrogen-bond donors (Lipinski definition) is 1. The monoisotopic (exact) mass is 296 g/mol. The molecule has 0 aliphatic carbocycles. The Morgan fingerprint density at radius 1 is 1.40 bits per heavy atom. The molecule has 1 aliphatic rings. The van der Waals surface area contributed by atoms with Crippen LogP contribution in [-0.2, 0) is 0 Å². The molecule has 1 aromatic carbocycles. The second kappa shape index (κ2) is 7.75. The molecular weight excluding hydrogens is 272 g/mol. The molecular formula is C16H25ClN2O. The third-order valence-corrected chi connectivity index (χ3v) is 4.15. The summed E-state index contributed by atoms with van der Waals surface area (Å²) in [6.45, 7) is 4.97. The van der Waals surface area contributed by atoms with Crippen molar-refractivity contribution < 1.29 is 4.74 Å². The highest BCUT2D eigenvalue weighted by Crippen LogP contribution is 2.28. The van der Waals surface area contributed by atoms with Crippen LogP contribution < -0.4 is 10.1 Å². The van der Waals surface area contributed by atoms with Gasteiger partial charge in [-0.15, -0.1) is 0 Å². The number of halogens is 1. The van der Waals surface area contributed by atoms with Gasteiger partial charge in [-0.2, -0.15) is 0 Å². The summed E-state index contributed by atoms with van der Waals surface area (Å²) < 4.78 is 5.58. The van der Waals surface area contributed by atoms with Crippen LogP contribution in [0, 0.1) is 0 Å². The van der Waals surface area contributed by atoms with Gasteiger partial charge in [0.15, 0.2) is 0 Å². The zero-order valence-corrected chi connectivity index (χ0v) is 13.2. The fraction of sp³-hybridized carbons (Fsp3) is 0.625. The summed E-state index contributed by atoms with van der Waals surface area (Å²) in [5.41, 5.74) is 1.07. The third kappa shape index (κ3) is 4.29. The number of piperidine rings is 1. The molecule has 0 amide bonds. The van der Waals surface area contributed by atoms with Gasteiger partial charge in [-0.05, 0) is 51.1 Å². The largest absolute Gasteiger partial charge is 0.492 e. The van der Waals surface area contributed by atoms with Crippen LogP contribution in [0.3, 0.4) is 0 Å². The lowest BCUT2D eigenvalue weighted by molar-refractivity contribution is 0.194. The maximum absolute atomic E-state index is 6.24. The number of nitrogens with zero attached hydrogens (tertiary/aromatic N) is 1. The zero-order valence-electron chi connectivity index (χ0n) is 12.5. The van der Waals surface area contributed by atoms with Crippen molar-refractivity contribution >= 4 is 17.3 Å². The molecule has 20 heavy (non-hydrogen) atoms. The van der Waals surface area contributed by atoms with Crippen LogP contribution in [0.15, 0.2) is 18.2 Å². The second-order valence-corrected chi connectivity index (χ2v) is 5.91. The van der Waals surface area contributed by atoms with Crippen LogP contribution >= 0.6 is 11.6 Å². The number of likely N-dealkylation sites (tertiary alicyclic amines) is 1. The molecule has 1 atom stereocenters. The predicted molar refractivity (Wildman–Crippen MR) is 86.0 cm³/mol. The van der Waals surface area contributed by atoms with Crippen LogP contribution in [0.4, 0.5) is 5.69 Å². The van der Waals surface area contributed by atoms with Gasteiger partial charge in [0.2, 0.25) is 0 Å². The van der Waals surface area contributed by atoms with E-state index in [1.165, 1.54) is 25.8 Å². The molecule has 0 spiro atoms. The Labute approximate surface area is 127 Å². The fourth-order valence-corrected chi connectivity index (χ4v) is 2.81. The molecule has 0 aromatic heterocycles. The predicted octanol–water partition coefficient (Wildman–Crippen LogP) is 4.03. The molecule has 0 bridgehead atoms. The van der Waals surface area contributed by atoms with Gasteiger partial charge in [0, 0.05) is 18.3 Å². The van der Waals surface area contributed by atoms with E-state index in [-0.39, 0.29) is 0 Å². The molecule has 112 valence electrons. The SMILES string of the molecule is CCCOc1ccc(NCC2CCCCN2C)cc1Cl. The summed E-state index contributed by atoms with van der Waals surface area (Å²) in [6, 6.07) is 6.57. The summed E-state index contributed by atoms with van der Waals surface area (Å²) in [5, 5.41) is 4.17. The van der Waals surface area contributed by atoms with E-state index in [4.69, 9.17) is 16.3 Å². The summed E-state index contributed by atoms with van der Waals surface area (Å²) in [4.78, 5) is 2.44. The van der Waals surface area contributed by atoms with E-state index in [2.05, 4.69) is 24.2 Å². The fourth-order valence-electron chi connectivity index (χ4n) is 2.58. The standard InChI is InChI=1S/C16H25ClN2O/c1-3-10-20-16-8-7-13(11-15(16)17)18-12-14-6-4-5-9-19(14)2/h7-8,11,14,18H,3-6,9-10,12H2,1-2H3. The Kier molecular flexibility index (Phi) is 5.99. The molecule has 1 heterocycles. The quantitative estimate of drug-likeness (QED) is 0.858. The average Bonchev–Trinajstić information content (AvgIpc) is 2.45. The molecule has 3 nitrogen and oxygen atoms in total. The molecule has 0 radical (unpaired) electrons. The first kappa shape index (κ1) is 15.5. The molecule has 4 heteroatoms. The lowest BCUT2D eigenvalue weighted by Crippen LogP contribution is -2.40. The highest BCUT2D eigenvalue weighted by atomic mass is 35.5. The molecule has 1 aromatic rings. The van der Waals surface area contributed by atoms with E-state index in [1.807, 2.05) is 18.2 Å². The number of benzene rings is 1. The Hall–Kier alpha value is -0.930. The maximum atomic E-state index is 6.24. The minimum absolute atomic E-state index is 0.624. The van der Waals surface area contributed by atoms with Crippen LogP contribution in [0.2, 0.25) is 5.02 Å². The number of nitrogens with one attached hydrogen (secondary N) is 1.